The molecular formula is C13H16Br2ClNO. The number of alkyl halides is 1. The molecule has 0 aromatic heterocycles. The van der Waals surface area contributed by atoms with Gasteiger partial charge in [-0.2, -0.15) is 0 Å². The highest BCUT2D eigenvalue weighted by Gasteiger charge is 2.25. The molecule has 100 valence electrons. The van der Waals surface area contributed by atoms with Gasteiger partial charge in [0.1, 0.15) is 0 Å². The summed E-state index contributed by atoms with van der Waals surface area (Å²) in [5, 5.41) is 4.37. The molecule has 0 fully saturated rings. The van der Waals surface area contributed by atoms with Crippen molar-refractivity contribution in [2.75, 3.05) is 5.33 Å². The van der Waals surface area contributed by atoms with E-state index in [4.69, 9.17) is 11.6 Å². The molecule has 0 bridgehead atoms. The average molecular weight is 398 g/mol. The molecule has 0 spiro atoms. The lowest BCUT2D eigenvalue weighted by Gasteiger charge is -2.29. The molecule has 1 aromatic carbocycles. The Morgan fingerprint density at radius 1 is 1.50 bits per heavy atom. The van der Waals surface area contributed by atoms with Gasteiger partial charge in [-0.25, -0.2) is 0 Å². The minimum atomic E-state index is -0.216. The molecule has 1 N–H and O–H groups in total. The van der Waals surface area contributed by atoms with Gasteiger partial charge < -0.3 is 5.32 Å². The Kier molecular flexibility index (Phi) is 6.15. The summed E-state index contributed by atoms with van der Waals surface area (Å²) in [4.78, 5) is 12.2. The fraction of sp³-hybridized carbons (Fsp3) is 0.462. The maximum Gasteiger partial charge on any atom is 0.253 e. The van der Waals surface area contributed by atoms with E-state index >= 15 is 0 Å². The molecule has 0 aliphatic rings. The number of carbonyl (C=O) groups is 1. The van der Waals surface area contributed by atoms with E-state index in [0.717, 1.165) is 22.6 Å². The summed E-state index contributed by atoms with van der Waals surface area (Å²) in [5.74, 6) is -0.133. The zero-order chi connectivity index (χ0) is 13.8. The first-order valence-electron chi connectivity index (χ1n) is 5.75. The third-order valence-corrected chi connectivity index (χ3v) is 4.23. The summed E-state index contributed by atoms with van der Waals surface area (Å²) in [6.45, 7) is 4.10. The molecule has 1 atom stereocenters. The molecule has 0 heterocycles. The smallest absolute Gasteiger partial charge is 0.253 e. The quantitative estimate of drug-likeness (QED) is 0.712. The predicted molar refractivity (Wildman–Crippen MR) is 83.7 cm³/mol. The lowest BCUT2D eigenvalue weighted by atomic mass is 9.95. The molecular weight excluding hydrogens is 381 g/mol. The molecule has 1 unspecified atom stereocenters. The van der Waals surface area contributed by atoms with Gasteiger partial charge in [0.25, 0.3) is 5.91 Å². The second-order valence-corrected chi connectivity index (χ2v) is 6.55. The Labute approximate surface area is 130 Å². The Hall–Kier alpha value is -0.0600. The summed E-state index contributed by atoms with van der Waals surface area (Å²) >= 11 is 12.8. The number of benzene rings is 1. The maximum absolute atomic E-state index is 12.2. The molecule has 2 nitrogen and oxygen atoms in total. The van der Waals surface area contributed by atoms with Crippen LogP contribution in [0, 0.1) is 0 Å². The minimum Gasteiger partial charge on any atom is -0.347 e. The molecule has 0 radical (unpaired) electrons. The summed E-state index contributed by atoms with van der Waals surface area (Å²) in [6.07, 6.45) is 1.75. The number of halogens is 3. The van der Waals surface area contributed by atoms with Crippen LogP contribution in [0.15, 0.2) is 22.7 Å². The van der Waals surface area contributed by atoms with Crippen molar-refractivity contribution >= 4 is 49.4 Å². The normalized spacial score (nSPS) is 14.1. The fourth-order valence-corrected chi connectivity index (χ4v) is 2.99. The highest BCUT2D eigenvalue weighted by Crippen LogP contribution is 2.23. The molecule has 0 aliphatic carbocycles. The molecule has 1 aromatic rings. The first-order valence-corrected chi connectivity index (χ1v) is 8.04. The zero-order valence-corrected chi connectivity index (χ0v) is 14.3. The SMILES string of the molecule is CCC(C)(CCBr)NC(=O)c1cc(Br)ccc1Cl. The zero-order valence-electron chi connectivity index (χ0n) is 10.4. The van der Waals surface area contributed by atoms with E-state index in [1.165, 1.54) is 0 Å². The molecule has 1 amide bonds. The first kappa shape index (κ1) is 16.0. The Morgan fingerprint density at radius 3 is 2.72 bits per heavy atom. The molecule has 0 aliphatic heterocycles. The number of rotatable bonds is 5. The summed E-state index contributed by atoms with van der Waals surface area (Å²) in [5.41, 5.74) is 0.284. The Morgan fingerprint density at radius 2 is 2.17 bits per heavy atom. The van der Waals surface area contributed by atoms with Crippen LogP contribution in [0.5, 0.6) is 0 Å². The van der Waals surface area contributed by atoms with Crippen LogP contribution in [0.25, 0.3) is 0 Å². The topological polar surface area (TPSA) is 29.1 Å². The van der Waals surface area contributed by atoms with Gasteiger partial charge in [-0.15, -0.1) is 0 Å². The van der Waals surface area contributed by atoms with Gasteiger partial charge >= 0.3 is 0 Å². The van der Waals surface area contributed by atoms with E-state index in [1.54, 1.807) is 12.1 Å². The molecule has 0 saturated heterocycles. The third kappa shape index (κ3) is 4.25. The number of nitrogens with one attached hydrogen (secondary N) is 1. The van der Waals surface area contributed by atoms with Crippen molar-refractivity contribution in [3.63, 3.8) is 0 Å². The van der Waals surface area contributed by atoms with Crippen LogP contribution < -0.4 is 5.32 Å². The van der Waals surface area contributed by atoms with Crippen molar-refractivity contribution < 1.29 is 4.79 Å². The van der Waals surface area contributed by atoms with Crippen LogP contribution in [0.3, 0.4) is 0 Å². The van der Waals surface area contributed by atoms with Gasteiger partial charge in [-0.05, 0) is 38.0 Å². The molecule has 5 heteroatoms. The van der Waals surface area contributed by atoms with Gasteiger partial charge in [0.15, 0.2) is 0 Å². The number of hydrogen-bond acceptors (Lipinski definition) is 1. The lowest BCUT2D eigenvalue weighted by molar-refractivity contribution is 0.0902. The summed E-state index contributed by atoms with van der Waals surface area (Å²) < 4.78 is 0.843. The summed E-state index contributed by atoms with van der Waals surface area (Å²) in [6, 6.07) is 5.27. The molecule has 0 saturated carbocycles. The van der Waals surface area contributed by atoms with E-state index in [2.05, 4.69) is 44.1 Å². The van der Waals surface area contributed by atoms with E-state index in [-0.39, 0.29) is 11.4 Å². The minimum absolute atomic E-state index is 0.133. The van der Waals surface area contributed by atoms with Gasteiger partial charge in [-0.1, -0.05) is 50.4 Å². The van der Waals surface area contributed by atoms with Crippen molar-refractivity contribution in [3.05, 3.63) is 33.3 Å². The molecule has 18 heavy (non-hydrogen) atoms. The summed E-state index contributed by atoms with van der Waals surface area (Å²) in [7, 11) is 0. The van der Waals surface area contributed by atoms with Crippen molar-refractivity contribution in [3.8, 4) is 0 Å². The largest absolute Gasteiger partial charge is 0.347 e. The van der Waals surface area contributed by atoms with Gasteiger partial charge in [-0.3, -0.25) is 4.79 Å². The van der Waals surface area contributed by atoms with Crippen LogP contribution in [-0.4, -0.2) is 16.8 Å². The second-order valence-electron chi connectivity index (χ2n) is 4.43. The average Bonchev–Trinajstić information content (AvgIpc) is 2.32. The van der Waals surface area contributed by atoms with Gasteiger partial charge in [0, 0.05) is 15.3 Å². The van der Waals surface area contributed by atoms with Crippen molar-refractivity contribution in [1.29, 1.82) is 0 Å². The van der Waals surface area contributed by atoms with Crippen molar-refractivity contribution in [2.45, 2.75) is 32.2 Å². The number of amides is 1. The van der Waals surface area contributed by atoms with E-state index in [0.29, 0.717) is 10.6 Å². The van der Waals surface area contributed by atoms with Gasteiger partial charge in [0.2, 0.25) is 0 Å². The third-order valence-electron chi connectivity index (χ3n) is 3.01. The highest BCUT2D eigenvalue weighted by molar-refractivity contribution is 9.10. The number of carbonyl (C=O) groups excluding carboxylic acids is 1. The van der Waals surface area contributed by atoms with E-state index in [9.17, 15) is 4.79 Å². The first-order chi connectivity index (χ1) is 8.41. The lowest BCUT2D eigenvalue weighted by Crippen LogP contribution is -2.45. The maximum atomic E-state index is 12.2. The monoisotopic (exact) mass is 395 g/mol. The Bertz CT molecular complexity index is 439. The van der Waals surface area contributed by atoms with Crippen LogP contribution in [-0.2, 0) is 0 Å². The molecule has 1 rings (SSSR count). The highest BCUT2D eigenvalue weighted by atomic mass is 79.9. The van der Waals surface area contributed by atoms with Crippen LogP contribution in [0.2, 0.25) is 5.02 Å². The predicted octanol–water partition coefficient (Wildman–Crippen LogP) is 4.79. The van der Waals surface area contributed by atoms with Crippen LogP contribution >= 0.6 is 43.5 Å². The fourth-order valence-electron chi connectivity index (χ4n) is 1.55. The van der Waals surface area contributed by atoms with Crippen molar-refractivity contribution in [2.24, 2.45) is 0 Å². The standard InChI is InChI=1S/C13H16Br2ClNO/c1-3-13(2,6-7-14)17-12(18)10-8-9(15)4-5-11(10)16/h4-5,8H,3,6-7H2,1-2H3,(H,17,18). The van der Waals surface area contributed by atoms with E-state index in [1.807, 2.05) is 13.0 Å². The van der Waals surface area contributed by atoms with Gasteiger partial charge in [0.05, 0.1) is 10.6 Å². The van der Waals surface area contributed by atoms with Crippen LogP contribution in [0.1, 0.15) is 37.0 Å². The Balaban J connectivity index is 2.90. The number of hydrogen-bond donors (Lipinski definition) is 1. The van der Waals surface area contributed by atoms with E-state index < -0.39 is 0 Å². The second kappa shape index (κ2) is 6.92. The van der Waals surface area contributed by atoms with Crippen molar-refractivity contribution in [1.82, 2.24) is 5.32 Å². The van der Waals surface area contributed by atoms with Crippen LogP contribution in [0.4, 0.5) is 0 Å².